The van der Waals surface area contributed by atoms with Gasteiger partial charge in [-0.1, -0.05) is 6.92 Å². The number of carbonyl (C=O) groups excluding carboxylic acids is 3. The van der Waals surface area contributed by atoms with Crippen LogP contribution in [0.3, 0.4) is 0 Å². The molecule has 0 saturated carbocycles. The number of esters is 1. The minimum Gasteiger partial charge on any atom is -0.464 e. The van der Waals surface area contributed by atoms with Crippen LogP contribution in [0.5, 0.6) is 0 Å². The summed E-state index contributed by atoms with van der Waals surface area (Å²) in [6, 6.07) is -0.586. The first-order valence-corrected chi connectivity index (χ1v) is 9.25. The Bertz CT molecular complexity index is 432. The van der Waals surface area contributed by atoms with Crippen LogP contribution in [-0.4, -0.2) is 60.7 Å². The van der Waals surface area contributed by atoms with Crippen LogP contribution in [0.2, 0.25) is 0 Å². The summed E-state index contributed by atoms with van der Waals surface area (Å²) in [4.78, 5) is 35.9. The SMILES string of the molecule is CCOC(=O)[C@H]1O[C@@H]1C(=O)NC(CCSC)C(=O)NC(C)CC. The van der Waals surface area contributed by atoms with Crippen LogP contribution < -0.4 is 10.6 Å². The molecule has 8 heteroatoms. The fourth-order valence-corrected chi connectivity index (χ4v) is 2.39. The van der Waals surface area contributed by atoms with E-state index in [4.69, 9.17) is 9.47 Å². The highest BCUT2D eigenvalue weighted by atomic mass is 32.2. The van der Waals surface area contributed by atoms with Crippen LogP contribution in [0, 0.1) is 0 Å². The van der Waals surface area contributed by atoms with Crippen LogP contribution in [0.25, 0.3) is 0 Å². The second-order valence-corrected chi connectivity index (χ2v) is 6.38. The first kappa shape index (κ1) is 19.8. The summed E-state index contributed by atoms with van der Waals surface area (Å²) in [5, 5.41) is 5.54. The molecule has 0 spiro atoms. The van der Waals surface area contributed by atoms with Gasteiger partial charge in [0.05, 0.1) is 6.61 Å². The van der Waals surface area contributed by atoms with E-state index in [-0.39, 0.29) is 18.6 Å². The van der Waals surface area contributed by atoms with E-state index < -0.39 is 30.1 Å². The van der Waals surface area contributed by atoms with Gasteiger partial charge >= 0.3 is 5.97 Å². The highest BCUT2D eigenvalue weighted by Gasteiger charge is 2.52. The Hall–Kier alpha value is -1.28. The van der Waals surface area contributed by atoms with E-state index in [1.54, 1.807) is 18.7 Å². The number of hydrogen-bond acceptors (Lipinski definition) is 6. The molecule has 0 aliphatic carbocycles. The molecule has 1 heterocycles. The number of hydrogen-bond donors (Lipinski definition) is 2. The van der Waals surface area contributed by atoms with Gasteiger partial charge in [-0.3, -0.25) is 9.59 Å². The third-order valence-electron chi connectivity index (χ3n) is 3.51. The third kappa shape index (κ3) is 6.39. The van der Waals surface area contributed by atoms with Crippen molar-refractivity contribution >= 4 is 29.5 Å². The second kappa shape index (κ2) is 9.77. The van der Waals surface area contributed by atoms with Crippen LogP contribution in [0.4, 0.5) is 0 Å². The van der Waals surface area contributed by atoms with Crippen molar-refractivity contribution in [2.75, 3.05) is 18.6 Å². The minimum atomic E-state index is -0.859. The zero-order valence-electron chi connectivity index (χ0n) is 14.1. The maximum Gasteiger partial charge on any atom is 0.338 e. The first-order valence-electron chi connectivity index (χ1n) is 7.86. The van der Waals surface area contributed by atoms with Gasteiger partial charge in [-0.25, -0.2) is 4.79 Å². The van der Waals surface area contributed by atoms with Gasteiger partial charge in [0.1, 0.15) is 6.04 Å². The second-order valence-electron chi connectivity index (χ2n) is 5.39. The molecule has 132 valence electrons. The lowest BCUT2D eigenvalue weighted by Crippen LogP contribution is -2.50. The molecule has 1 aliphatic rings. The molecule has 1 rings (SSSR count). The topological polar surface area (TPSA) is 97.0 Å². The average molecular weight is 346 g/mol. The van der Waals surface area contributed by atoms with Gasteiger partial charge in [-0.15, -0.1) is 0 Å². The summed E-state index contributed by atoms with van der Waals surface area (Å²) in [6.45, 7) is 5.81. The Morgan fingerprint density at radius 3 is 2.48 bits per heavy atom. The number of thioether (sulfide) groups is 1. The van der Waals surface area contributed by atoms with Crippen molar-refractivity contribution in [3.63, 3.8) is 0 Å². The summed E-state index contributed by atoms with van der Waals surface area (Å²) >= 11 is 1.60. The Labute approximate surface area is 141 Å². The van der Waals surface area contributed by atoms with Crippen molar-refractivity contribution in [3.05, 3.63) is 0 Å². The molecule has 0 aromatic rings. The first-order chi connectivity index (χ1) is 10.9. The molecule has 0 radical (unpaired) electrons. The molecule has 7 nitrogen and oxygen atoms in total. The zero-order chi connectivity index (χ0) is 17.4. The number of ether oxygens (including phenoxy) is 2. The lowest BCUT2D eigenvalue weighted by molar-refractivity contribution is -0.144. The number of nitrogens with one attached hydrogen (secondary N) is 2. The normalized spacial score (nSPS) is 21.9. The van der Waals surface area contributed by atoms with Gasteiger partial charge in [-0.05, 0) is 38.7 Å². The van der Waals surface area contributed by atoms with Crippen molar-refractivity contribution in [2.45, 2.75) is 57.9 Å². The van der Waals surface area contributed by atoms with Gasteiger partial charge in [0, 0.05) is 6.04 Å². The molecule has 0 bridgehead atoms. The van der Waals surface area contributed by atoms with Gasteiger partial charge in [-0.2, -0.15) is 11.8 Å². The fraction of sp³-hybridized carbons (Fsp3) is 0.800. The molecule has 23 heavy (non-hydrogen) atoms. The van der Waals surface area contributed by atoms with E-state index in [2.05, 4.69) is 10.6 Å². The predicted molar refractivity (Wildman–Crippen MR) is 88.1 cm³/mol. The molecule has 0 aromatic heterocycles. The Morgan fingerprint density at radius 2 is 1.91 bits per heavy atom. The van der Waals surface area contributed by atoms with E-state index in [1.807, 2.05) is 20.1 Å². The maximum absolute atomic E-state index is 12.2. The molecule has 2 N–H and O–H groups in total. The number of amides is 2. The standard InChI is InChI=1S/C15H26N2O5S/c1-5-9(3)16-13(18)10(7-8-23-4)17-14(19)11-12(22-11)15(20)21-6-2/h9-12H,5-8H2,1-4H3,(H,16,18)(H,17,19)/t9?,10?,11-,12-/m0/s1. The van der Waals surface area contributed by atoms with Crippen molar-refractivity contribution < 1.29 is 23.9 Å². The van der Waals surface area contributed by atoms with Gasteiger partial charge in [0.25, 0.3) is 5.91 Å². The summed E-state index contributed by atoms with van der Waals surface area (Å²) in [6.07, 6.45) is 1.56. The molecular formula is C15H26N2O5S. The molecule has 2 amide bonds. The van der Waals surface area contributed by atoms with E-state index in [0.29, 0.717) is 6.42 Å². The van der Waals surface area contributed by atoms with Crippen LogP contribution in [0.1, 0.15) is 33.6 Å². The van der Waals surface area contributed by atoms with E-state index >= 15 is 0 Å². The Morgan fingerprint density at radius 1 is 1.22 bits per heavy atom. The average Bonchev–Trinajstić information content (AvgIpc) is 3.31. The van der Waals surface area contributed by atoms with Crippen molar-refractivity contribution in [2.24, 2.45) is 0 Å². The molecule has 4 atom stereocenters. The number of epoxide rings is 1. The fourth-order valence-electron chi connectivity index (χ4n) is 1.92. The summed E-state index contributed by atoms with van der Waals surface area (Å²) in [7, 11) is 0. The molecule has 2 unspecified atom stereocenters. The Balaban J connectivity index is 2.54. The van der Waals surface area contributed by atoms with E-state index in [0.717, 1.165) is 12.2 Å². The zero-order valence-corrected chi connectivity index (χ0v) is 14.9. The third-order valence-corrected chi connectivity index (χ3v) is 4.16. The van der Waals surface area contributed by atoms with E-state index in [9.17, 15) is 14.4 Å². The number of rotatable bonds is 10. The maximum atomic E-state index is 12.2. The molecular weight excluding hydrogens is 320 g/mol. The van der Waals surface area contributed by atoms with Crippen LogP contribution in [0.15, 0.2) is 0 Å². The number of carbonyl (C=O) groups is 3. The van der Waals surface area contributed by atoms with Crippen LogP contribution in [-0.2, 0) is 23.9 Å². The van der Waals surface area contributed by atoms with Gasteiger partial charge in [0.15, 0.2) is 12.2 Å². The molecule has 1 aliphatic heterocycles. The van der Waals surface area contributed by atoms with Crippen molar-refractivity contribution in [1.29, 1.82) is 0 Å². The lowest BCUT2D eigenvalue weighted by Gasteiger charge is -2.20. The highest BCUT2D eigenvalue weighted by molar-refractivity contribution is 7.98. The highest BCUT2D eigenvalue weighted by Crippen LogP contribution is 2.23. The minimum absolute atomic E-state index is 0.0423. The summed E-state index contributed by atoms with van der Waals surface area (Å²) in [5.74, 6) is -0.466. The van der Waals surface area contributed by atoms with Crippen molar-refractivity contribution in [1.82, 2.24) is 10.6 Å². The lowest BCUT2D eigenvalue weighted by atomic mass is 10.1. The smallest absolute Gasteiger partial charge is 0.338 e. The predicted octanol–water partition coefficient (Wildman–Crippen LogP) is 0.470. The quantitative estimate of drug-likeness (QED) is 0.441. The Kier molecular flexibility index (Phi) is 8.40. The van der Waals surface area contributed by atoms with Crippen LogP contribution >= 0.6 is 11.8 Å². The molecule has 0 aromatic carbocycles. The molecule has 1 fully saturated rings. The van der Waals surface area contributed by atoms with Crippen molar-refractivity contribution in [3.8, 4) is 0 Å². The van der Waals surface area contributed by atoms with Gasteiger partial charge in [0.2, 0.25) is 5.91 Å². The summed E-state index contributed by atoms with van der Waals surface area (Å²) in [5.41, 5.74) is 0. The monoisotopic (exact) mass is 346 g/mol. The molecule has 1 saturated heterocycles. The largest absolute Gasteiger partial charge is 0.464 e. The van der Waals surface area contributed by atoms with E-state index in [1.165, 1.54) is 0 Å². The summed E-state index contributed by atoms with van der Waals surface area (Å²) < 4.78 is 9.86. The van der Waals surface area contributed by atoms with Gasteiger partial charge < -0.3 is 20.1 Å².